The zero-order valence-electron chi connectivity index (χ0n) is 12.8. The Morgan fingerprint density at radius 2 is 1.50 bits per heavy atom. The SMILES string of the molecule is CC(C)N1C(=O)[C@@H](C(=O)c2ccccc2)[C@@H]1c1ccccc1. The quantitative estimate of drug-likeness (QED) is 0.492. The molecule has 1 saturated heterocycles. The Morgan fingerprint density at radius 3 is 2.05 bits per heavy atom. The fourth-order valence-electron chi connectivity index (χ4n) is 3.13. The van der Waals surface area contributed by atoms with Crippen molar-refractivity contribution in [2.75, 3.05) is 0 Å². The van der Waals surface area contributed by atoms with Crippen LogP contribution in [0.15, 0.2) is 60.7 Å². The zero-order chi connectivity index (χ0) is 15.7. The van der Waals surface area contributed by atoms with Crippen LogP contribution in [0.2, 0.25) is 0 Å². The lowest BCUT2D eigenvalue weighted by molar-refractivity contribution is -0.156. The summed E-state index contributed by atoms with van der Waals surface area (Å²) in [6, 6.07) is 18.8. The molecule has 0 saturated carbocycles. The first-order valence-electron chi connectivity index (χ1n) is 7.57. The van der Waals surface area contributed by atoms with Crippen LogP contribution in [0.25, 0.3) is 0 Å². The summed E-state index contributed by atoms with van der Waals surface area (Å²) in [5.41, 5.74) is 1.62. The van der Waals surface area contributed by atoms with E-state index in [1.807, 2.05) is 62.4 Å². The van der Waals surface area contributed by atoms with Crippen molar-refractivity contribution < 1.29 is 9.59 Å². The first kappa shape index (κ1) is 14.5. The molecular weight excluding hydrogens is 274 g/mol. The van der Waals surface area contributed by atoms with E-state index in [0.29, 0.717) is 5.56 Å². The van der Waals surface area contributed by atoms with Crippen LogP contribution in [0.3, 0.4) is 0 Å². The third-order valence-corrected chi connectivity index (χ3v) is 4.17. The van der Waals surface area contributed by atoms with Crippen LogP contribution in [-0.2, 0) is 4.79 Å². The number of carbonyl (C=O) groups excluding carboxylic acids is 2. The monoisotopic (exact) mass is 293 g/mol. The van der Waals surface area contributed by atoms with Crippen molar-refractivity contribution in [2.24, 2.45) is 5.92 Å². The molecule has 2 atom stereocenters. The van der Waals surface area contributed by atoms with Crippen molar-refractivity contribution in [1.82, 2.24) is 4.90 Å². The zero-order valence-corrected chi connectivity index (χ0v) is 12.8. The lowest BCUT2D eigenvalue weighted by atomic mass is 9.77. The average molecular weight is 293 g/mol. The number of amides is 1. The van der Waals surface area contributed by atoms with E-state index in [-0.39, 0.29) is 23.8 Å². The predicted molar refractivity (Wildman–Crippen MR) is 85.4 cm³/mol. The molecule has 1 aliphatic heterocycles. The Morgan fingerprint density at radius 1 is 0.955 bits per heavy atom. The van der Waals surface area contributed by atoms with Crippen molar-refractivity contribution >= 4 is 11.7 Å². The second-order valence-electron chi connectivity index (χ2n) is 5.90. The van der Waals surface area contributed by atoms with Crippen LogP contribution in [0, 0.1) is 5.92 Å². The minimum absolute atomic E-state index is 0.0716. The smallest absolute Gasteiger partial charge is 0.236 e. The number of Topliss-reactive ketones (excluding diaryl/α,β-unsaturated/α-hetero) is 1. The Bertz CT molecular complexity index is 679. The maximum absolute atomic E-state index is 12.7. The van der Waals surface area contributed by atoms with Crippen LogP contribution in [0.1, 0.15) is 35.8 Å². The van der Waals surface area contributed by atoms with E-state index in [1.165, 1.54) is 0 Å². The van der Waals surface area contributed by atoms with Crippen molar-refractivity contribution in [3.8, 4) is 0 Å². The van der Waals surface area contributed by atoms with E-state index in [1.54, 1.807) is 17.0 Å². The summed E-state index contributed by atoms with van der Waals surface area (Å²) in [6.07, 6.45) is 0. The summed E-state index contributed by atoms with van der Waals surface area (Å²) in [5.74, 6) is -0.763. The number of nitrogens with zero attached hydrogens (tertiary/aromatic N) is 1. The van der Waals surface area contributed by atoms with Crippen LogP contribution >= 0.6 is 0 Å². The molecule has 22 heavy (non-hydrogen) atoms. The van der Waals surface area contributed by atoms with Gasteiger partial charge in [-0.2, -0.15) is 0 Å². The predicted octanol–water partition coefficient (Wildman–Crippen LogP) is 3.48. The highest BCUT2D eigenvalue weighted by Gasteiger charge is 2.52. The highest BCUT2D eigenvalue weighted by Crippen LogP contribution is 2.43. The standard InChI is InChI=1S/C19H19NO2/c1-13(2)20-17(14-9-5-3-6-10-14)16(19(20)22)18(21)15-11-7-4-8-12-15/h3-13,16-17H,1-2H3/t16-,17+/m1/s1. The number of hydrogen-bond donors (Lipinski definition) is 0. The molecule has 0 aromatic heterocycles. The molecule has 1 heterocycles. The van der Waals surface area contributed by atoms with Gasteiger partial charge < -0.3 is 4.90 Å². The summed E-state index contributed by atoms with van der Waals surface area (Å²) in [5, 5.41) is 0. The molecule has 1 amide bonds. The summed E-state index contributed by atoms with van der Waals surface area (Å²) >= 11 is 0. The Kier molecular flexibility index (Phi) is 3.80. The first-order valence-corrected chi connectivity index (χ1v) is 7.57. The van der Waals surface area contributed by atoms with Gasteiger partial charge in [0.25, 0.3) is 0 Å². The molecule has 2 aromatic rings. The minimum atomic E-state index is -0.604. The molecular formula is C19H19NO2. The normalized spacial score (nSPS) is 20.9. The van der Waals surface area contributed by atoms with Gasteiger partial charge in [-0.1, -0.05) is 60.7 Å². The number of carbonyl (C=O) groups is 2. The molecule has 1 fully saturated rings. The van der Waals surface area contributed by atoms with Gasteiger partial charge in [0.15, 0.2) is 5.78 Å². The molecule has 0 N–H and O–H groups in total. The molecule has 0 aliphatic carbocycles. The second kappa shape index (κ2) is 5.76. The number of hydrogen-bond acceptors (Lipinski definition) is 2. The first-order chi connectivity index (χ1) is 10.6. The van der Waals surface area contributed by atoms with Crippen LogP contribution < -0.4 is 0 Å². The number of likely N-dealkylation sites (tertiary alicyclic amines) is 1. The van der Waals surface area contributed by atoms with Crippen LogP contribution in [0.4, 0.5) is 0 Å². The number of ketones is 1. The molecule has 3 nitrogen and oxygen atoms in total. The lowest BCUT2D eigenvalue weighted by Gasteiger charge is -2.49. The summed E-state index contributed by atoms with van der Waals surface area (Å²) in [4.78, 5) is 27.1. The van der Waals surface area contributed by atoms with Gasteiger partial charge in [0, 0.05) is 11.6 Å². The fraction of sp³-hybridized carbons (Fsp3) is 0.263. The lowest BCUT2D eigenvalue weighted by Crippen LogP contribution is -2.60. The van der Waals surface area contributed by atoms with Gasteiger partial charge in [-0.25, -0.2) is 0 Å². The highest BCUT2D eigenvalue weighted by molar-refractivity contribution is 6.14. The summed E-state index contributed by atoms with van der Waals surface area (Å²) in [7, 11) is 0. The molecule has 3 heteroatoms. The van der Waals surface area contributed by atoms with E-state index in [4.69, 9.17) is 0 Å². The van der Waals surface area contributed by atoms with Gasteiger partial charge in [0.1, 0.15) is 5.92 Å². The largest absolute Gasteiger partial charge is 0.331 e. The topological polar surface area (TPSA) is 37.4 Å². The fourth-order valence-corrected chi connectivity index (χ4v) is 3.13. The molecule has 112 valence electrons. The van der Waals surface area contributed by atoms with Crippen molar-refractivity contribution in [2.45, 2.75) is 25.9 Å². The molecule has 0 unspecified atom stereocenters. The Balaban J connectivity index is 1.96. The highest BCUT2D eigenvalue weighted by atomic mass is 16.2. The number of benzene rings is 2. The summed E-state index contributed by atoms with van der Waals surface area (Å²) < 4.78 is 0. The van der Waals surface area contributed by atoms with E-state index in [0.717, 1.165) is 5.56 Å². The van der Waals surface area contributed by atoms with Gasteiger partial charge in [-0.05, 0) is 19.4 Å². The van der Waals surface area contributed by atoms with Crippen LogP contribution in [-0.4, -0.2) is 22.6 Å². The van der Waals surface area contributed by atoms with Crippen LogP contribution in [0.5, 0.6) is 0 Å². The van der Waals surface area contributed by atoms with Gasteiger partial charge in [-0.15, -0.1) is 0 Å². The van der Waals surface area contributed by atoms with E-state index < -0.39 is 5.92 Å². The van der Waals surface area contributed by atoms with Crippen molar-refractivity contribution in [3.63, 3.8) is 0 Å². The third-order valence-electron chi connectivity index (χ3n) is 4.17. The maximum atomic E-state index is 12.7. The molecule has 0 bridgehead atoms. The average Bonchev–Trinajstić information content (AvgIpc) is 2.53. The molecule has 3 rings (SSSR count). The third kappa shape index (κ3) is 2.33. The molecule has 0 spiro atoms. The minimum Gasteiger partial charge on any atom is -0.331 e. The van der Waals surface area contributed by atoms with Gasteiger partial charge in [-0.3, -0.25) is 9.59 Å². The maximum Gasteiger partial charge on any atom is 0.236 e. The van der Waals surface area contributed by atoms with E-state index >= 15 is 0 Å². The number of rotatable bonds is 4. The molecule has 1 aliphatic rings. The van der Waals surface area contributed by atoms with Crippen molar-refractivity contribution in [1.29, 1.82) is 0 Å². The Labute approximate surface area is 130 Å². The second-order valence-corrected chi connectivity index (χ2v) is 5.90. The molecule has 2 aromatic carbocycles. The van der Waals surface area contributed by atoms with Gasteiger partial charge in [0.05, 0.1) is 6.04 Å². The van der Waals surface area contributed by atoms with Gasteiger partial charge >= 0.3 is 0 Å². The number of β-lactam (4-membered cyclic amide) rings is 1. The van der Waals surface area contributed by atoms with Crippen molar-refractivity contribution in [3.05, 3.63) is 71.8 Å². The van der Waals surface area contributed by atoms with E-state index in [9.17, 15) is 9.59 Å². The Hall–Kier alpha value is -2.42. The molecule has 0 radical (unpaired) electrons. The summed E-state index contributed by atoms with van der Waals surface area (Å²) in [6.45, 7) is 3.97. The van der Waals surface area contributed by atoms with E-state index in [2.05, 4.69) is 0 Å². The van der Waals surface area contributed by atoms with Gasteiger partial charge in [0.2, 0.25) is 5.91 Å².